The van der Waals surface area contributed by atoms with Gasteiger partial charge in [0.1, 0.15) is 0 Å². The largest absolute Gasteiger partial charge is 0.397 e. The zero-order chi connectivity index (χ0) is 15.2. The van der Waals surface area contributed by atoms with E-state index in [9.17, 15) is 4.79 Å². The van der Waals surface area contributed by atoms with Crippen molar-refractivity contribution >= 4 is 17.3 Å². The molecule has 0 bridgehead atoms. The number of nitrogens with two attached hydrogens (primary N) is 1. The number of hydrogen-bond acceptors (Lipinski definition) is 3. The molecule has 0 aromatic heterocycles. The molecule has 1 aliphatic carbocycles. The number of amides is 1. The van der Waals surface area contributed by atoms with Crippen LogP contribution in [0, 0.1) is 5.92 Å². The van der Waals surface area contributed by atoms with E-state index in [0.717, 1.165) is 31.6 Å². The minimum Gasteiger partial charge on any atom is -0.397 e. The van der Waals surface area contributed by atoms with E-state index in [0.29, 0.717) is 30.7 Å². The van der Waals surface area contributed by atoms with Gasteiger partial charge in [-0.3, -0.25) is 4.79 Å². The molecule has 1 fully saturated rings. The maximum Gasteiger partial charge on any atom is 0.227 e. The van der Waals surface area contributed by atoms with Gasteiger partial charge >= 0.3 is 0 Å². The Morgan fingerprint density at radius 3 is 2.67 bits per heavy atom. The quantitative estimate of drug-likeness (QED) is 0.784. The van der Waals surface area contributed by atoms with Crippen LogP contribution in [-0.4, -0.2) is 25.2 Å². The molecule has 0 radical (unpaired) electrons. The lowest BCUT2D eigenvalue weighted by Crippen LogP contribution is -2.38. The lowest BCUT2D eigenvalue weighted by Gasteiger charge is -2.36. The van der Waals surface area contributed by atoms with E-state index in [4.69, 9.17) is 10.5 Å². The topological polar surface area (TPSA) is 55.6 Å². The van der Waals surface area contributed by atoms with Gasteiger partial charge in [-0.15, -0.1) is 0 Å². The van der Waals surface area contributed by atoms with Gasteiger partial charge in [0.25, 0.3) is 0 Å². The molecule has 2 N–H and O–H groups in total. The number of para-hydroxylation sites is 2. The molecule has 4 nitrogen and oxygen atoms in total. The summed E-state index contributed by atoms with van der Waals surface area (Å²) in [4.78, 5) is 14.4. The fourth-order valence-electron chi connectivity index (χ4n) is 2.91. The van der Waals surface area contributed by atoms with Crippen molar-refractivity contribution in [3.63, 3.8) is 0 Å². The molecule has 1 saturated carbocycles. The first-order valence-corrected chi connectivity index (χ1v) is 7.92. The fourth-order valence-corrected chi connectivity index (χ4v) is 2.91. The first-order valence-electron chi connectivity index (χ1n) is 7.92. The van der Waals surface area contributed by atoms with Crippen molar-refractivity contribution in [1.29, 1.82) is 0 Å². The summed E-state index contributed by atoms with van der Waals surface area (Å²) in [6.45, 7) is 5.57. The Morgan fingerprint density at radius 1 is 1.33 bits per heavy atom. The molecule has 21 heavy (non-hydrogen) atoms. The number of nitrogens with zero attached hydrogens (tertiary/aromatic N) is 1. The fraction of sp³-hybridized carbons (Fsp3) is 0.588. The first-order chi connectivity index (χ1) is 10.2. The minimum atomic E-state index is 0.176. The second kappa shape index (κ2) is 7.46. The van der Waals surface area contributed by atoms with E-state index in [1.54, 1.807) is 0 Å². The lowest BCUT2D eigenvalue weighted by molar-refractivity contribution is -0.121. The Balaban J connectivity index is 1.96. The average Bonchev–Trinajstić information content (AvgIpc) is 2.43. The highest BCUT2D eigenvalue weighted by Gasteiger charge is 2.32. The molecule has 0 spiro atoms. The van der Waals surface area contributed by atoms with E-state index in [1.807, 2.05) is 36.1 Å². The van der Waals surface area contributed by atoms with E-state index >= 15 is 0 Å². The third-order valence-corrected chi connectivity index (χ3v) is 4.03. The van der Waals surface area contributed by atoms with Crippen molar-refractivity contribution in [3.05, 3.63) is 24.3 Å². The summed E-state index contributed by atoms with van der Waals surface area (Å²) in [5.41, 5.74) is 7.52. The van der Waals surface area contributed by atoms with Crippen molar-refractivity contribution in [3.8, 4) is 0 Å². The number of carbonyl (C=O) groups is 1. The summed E-state index contributed by atoms with van der Waals surface area (Å²) in [5.74, 6) is 0.632. The van der Waals surface area contributed by atoms with Crippen LogP contribution in [0.15, 0.2) is 24.3 Å². The van der Waals surface area contributed by atoms with Crippen LogP contribution in [0.2, 0.25) is 0 Å². The van der Waals surface area contributed by atoms with Gasteiger partial charge in [-0.25, -0.2) is 0 Å². The maximum absolute atomic E-state index is 12.6. The van der Waals surface area contributed by atoms with Crippen molar-refractivity contribution in [1.82, 2.24) is 0 Å². The number of ether oxygens (including phenoxy) is 1. The molecule has 2 rings (SSSR count). The molecule has 0 saturated heterocycles. The van der Waals surface area contributed by atoms with Gasteiger partial charge in [0, 0.05) is 19.6 Å². The molecular formula is C17H26N2O2. The Morgan fingerprint density at radius 2 is 2.05 bits per heavy atom. The molecule has 116 valence electrons. The predicted molar refractivity (Wildman–Crippen MR) is 86.3 cm³/mol. The average molecular weight is 290 g/mol. The third kappa shape index (κ3) is 3.97. The molecule has 0 aliphatic heterocycles. The highest BCUT2D eigenvalue weighted by Crippen LogP contribution is 2.34. The Bertz CT molecular complexity index is 470. The maximum atomic E-state index is 12.6. The van der Waals surface area contributed by atoms with Crippen LogP contribution >= 0.6 is 0 Å². The van der Waals surface area contributed by atoms with Crippen LogP contribution in [0.3, 0.4) is 0 Å². The molecule has 1 aromatic rings. The molecular weight excluding hydrogens is 264 g/mol. The van der Waals surface area contributed by atoms with E-state index < -0.39 is 0 Å². The van der Waals surface area contributed by atoms with Crippen LogP contribution in [-0.2, 0) is 9.53 Å². The van der Waals surface area contributed by atoms with Crippen molar-refractivity contribution < 1.29 is 9.53 Å². The van der Waals surface area contributed by atoms with E-state index in [2.05, 4.69) is 6.92 Å². The third-order valence-electron chi connectivity index (χ3n) is 4.03. The van der Waals surface area contributed by atoms with Gasteiger partial charge in [-0.2, -0.15) is 0 Å². The van der Waals surface area contributed by atoms with Gasteiger partial charge in [0.05, 0.1) is 17.5 Å². The number of carbonyl (C=O) groups excluding carboxylic acids is 1. The monoisotopic (exact) mass is 290 g/mol. The number of rotatable bonds is 7. The molecule has 0 unspecified atom stereocenters. The molecule has 4 heteroatoms. The predicted octanol–water partition coefficient (Wildman–Crippen LogP) is 3.22. The number of nitrogen functional groups attached to an aromatic ring is 1. The van der Waals surface area contributed by atoms with Gasteiger partial charge in [0.15, 0.2) is 0 Å². The SMILES string of the molecule is CCCN(C(=O)CC1CC(OCC)C1)c1ccccc1N. The Hall–Kier alpha value is -1.55. The standard InChI is InChI=1S/C17H26N2O2/c1-3-9-19(16-8-6-5-7-15(16)18)17(20)12-13-10-14(11-13)21-4-2/h5-8,13-14H,3-4,9-12,18H2,1-2H3. The summed E-state index contributed by atoms with van der Waals surface area (Å²) in [5, 5.41) is 0. The van der Waals surface area contributed by atoms with Crippen LogP contribution < -0.4 is 10.6 Å². The van der Waals surface area contributed by atoms with Gasteiger partial charge in [0.2, 0.25) is 5.91 Å². The Labute approximate surface area is 127 Å². The van der Waals surface area contributed by atoms with Gasteiger partial charge in [-0.1, -0.05) is 19.1 Å². The molecule has 0 atom stereocenters. The Kier molecular flexibility index (Phi) is 5.62. The van der Waals surface area contributed by atoms with Crippen molar-refractivity contribution in [2.24, 2.45) is 5.92 Å². The van der Waals surface area contributed by atoms with Crippen LogP contribution in [0.1, 0.15) is 39.5 Å². The summed E-state index contributed by atoms with van der Waals surface area (Å²) in [6.07, 6.45) is 3.88. The molecule has 1 aromatic carbocycles. The van der Waals surface area contributed by atoms with E-state index in [-0.39, 0.29) is 5.91 Å². The number of benzene rings is 1. The van der Waals surface area contributed by atoms with Gasteiger partial charge < -0.3 is 15.4 Å². The lowest BCUT2D eigenvalue weighted by atomic mass is 9.79. The first kappa shape index (κ1) is 15.8. The summed E-state index contributed by atoms with van der Waals surface area (Å²) in [6, 6.07) is 7.59. The zero-order valence-electron chi connectivity index (χ0n) is 13.0. The second-order valence-corrected chi connectivity index (χ2v) is 5.72. The molecule has 0 heterocycles. The normalized spacial score (nSPS) is 20.9. The highest BCUT2D eigenvalue weighted by molar-refractivity contribution is 5.96. The summed E-state index contributed by atoms with van der Waals surface area (Å²) in [7, 11) is 0. The molecule has 1 amide bonds. The minimum absolute atomic E-state index is 0.176. The number of hydrogen-bond donors (Lipinski definition) is 1. The highest BCUT2D eigenvalue weighted by atomic mass is 16.5. The van der Waals surface area contributed by atoms with E-state index in [1.165, 1.54) is 0 Å². The molecule has 1 aliphatic rings. The van der Waals surface area contributed by atoms with Gasteiger partial charge in [-0.05, 0) is 44.2 Å². The summed E-state index contributed by atoms with van der Waals surface area (Å²) >= 11 is 0. The van der Waals surface area contributed by atoms with Crippen molar-refractivity contribution in [2.75, 3.05) is 23.8 Å². The number of anilines is 2. The van der Waals surface area contributed by atoms with Crippen LogP contribution in [0.25, 0.3) is 0 Å². The summed E-state index contributed by atoms with van der Waals surface area (Å²) < 4.78 is 5.56. The smallest absolute Gasteiger partial charge is 0.227 e. The zero-order valence-corrected chi connectivity index (χ0v) is 13.0. The van der Waals surface area contributed by atoms with Crippen molar-refractivity contribution in [2.45, 2.75) is 45.6 Å². The van der Waals surface area contributed by atoms with Crippen LogP contribution in [0.5, 0.6) is 0 Å². The van der Waals surface area contributed by atoms with Crippen LogP contribution in [0.4, 0.5) is 11.4 Å². The second-order valence-electron chi connectivity index (χ2n) is 5.72.